The van der Waals surface area contributed by atoms with Gasteiger partial charge in [-0.1, -0.05) is 57.2 Å². The Morgan fingerprint density at radius 3 is 2.30 bits per heavy atom. The van der Waals surface area contributed by atoms with Crippen molar-refractivity contribution in [3.05, 3.63) is 59.6 Å². The molecule has 2 heterocycles. The first-order chi connectivity index (χ1) is 9.55. The van der Waals surface area contributed by atoms with Gasteiger partial charge in [-0.05, 0) is 23.1 Å². The summed E-state index contributed by atoms with van der Waals surface area (Å²) >= 11 is 1.79. The van der Waals surface area contributed by atoms with Gasteiger partial charge < -0.3 is 4.98 Å². The lowest BCUT2D eigenvalue weighted by molar-refractivity contribution is 0.573. The van der Waals surface area contributed by atoms with Crippen LogP contribution in [0.4, 0.5) is 0 Å². The zero-order valence-corrected chi connectivity index (χ0v) is 12.9. The van der Waals surface area contributed by atoms with Crippen LogP contribution in [0.3, 0.4) is 0 Å². The van der Waals surface area contributed by atoms with Crippen molar-refractivity contribution >= 4 is 11.3 Å². The SMILES string of the molecule is CC(C)(C)c1cc(-c2cccs2)c(-c2ccccc2)[nH]1. The molecule has 0 spiro atoms. The Bertz CT molecular complexity index is 685. The molecule has 3 rings (SSSR count). The first-order valence-corrected chi connectivity index (χ1v) is 7.76. The van der Waals surface area contributed by atoms with E-state index < -0.39 is 0 Å². The van der Waals surface area contributed by atoms with Crippen LogP contribution < -0.4 is 0 Å². The zero-order chi connectivity index (χ0) is 14.2. The molecule has 0 radical (unpaired) electrons. The van der Waals surface area contributed by atoms with Gasteiger partial charge in [-0.25, -0.2) is 0 Å². The summed E-state index contributed by atoms with van der Waals surface area (Å²) in [7, 11) is 0. The quantitative estimate of drug-likeness (QED) is 0.619. The van der Waals surface area contributed by atoms with Gasteiger partial charge in [0.25, 0.3) is 0 Å². The highest BCUT2D eigenvalue weighted by Crippen LogP contribution is 2.37. The average Bonchev–Trinajstić information content (AvgIpc) is 3.08. The maximum Gasteiger partial charge on any atom is 0.0544 e. The molecule has 0 amide bonds. The van der Waals surface area contributed by atoms with Crippen LogP contribution in [0.5, 0.6) is 0 Å². The highest BCUT2D eigenvalue weighted by molar-refractivity contribution is 7.13. The number of H-pyrrole nitrogens is 1. The van der Waals surface area contributed by atoms with Crippen LogP contribution >= 0.6 is 11.3 Å². The smallest absolute Gasteiger partial charge is 0.0544 e. The van der Waals surface area contributed by atoms with Crippen molar-refractivity contribution in [2.45, 2.75) is 26.2 Å². The minimum atomic E-state index is 0.124. The minimum absolute atomic E-state index is 0.124. The largest absolute Gasteiger partial charge is 0.357 e. The highest BCUT2D eigenvalue weighted by Gasteiger charge is 2.20. The Hall–Kier alpha value is -1.80. The highest BCUT2D eigenvalue weighted by atomic mass is 32.1. The summed E-state index contributed by atoms with van der Waals surface area (Å²) in [6, 6.07) is 17.2. The Morgan fingerprint density at radius 2 is 1.70 bits per heavy atom. The van der Waals surface area contributed by atoms with Crippen molar-refractivity contribution in [2.75, 3.05) is 0 Å². The fourth-order valence-corrected chi connectivity index (χ4v) is 3.07. The lowest BCUT2D eigenvalue weighted by Gasteiger charge is -2.16. The van der Waals surface area contributed by atoms with Crippen molar-refractivity contribution in [2.24, 2.45) is 0 Å². The molecule has 102 valence electrons. The third kappa shape index (κ3) is 2.44. The normalized spacial score (nSPS) is 11.8. The fraction of sp³-hybridized carbons (Fsp3) is 0.222. The van der Waals surface area contributed by atoms with E-state index in [2.05, 4.69) is 79.7 Å². The van der Waals surface area contributed by atoms with Crippen LogP contribution in [0, 0.1) is 0 Å². The molecule has 0 bridgehead atoms. The molecule has 0 aliphatic rings. The van der Waals surface area contributed by atoms with Crippen molar-refractivity contribution in [1.82, 2.24) is 4.98 Å². The van der Waals surface area contributed by atoms with E-state index >= 15 is 0 Å². The van der Waals surface area contributed by atoms with E-state index in [0.717, 1.165) is 0 Å². The van der Waals surface area contributed by atoms with E-state index in [-0.39, 0.29) is 5.41 Å². The van der Waals surface area contributed by atoms with Crippen LogP contribution in [-0.4, -0.2) is 4.98 Å². The molecule has 0 atom stereocenters. The predicted octanol–water partition coefficient (Wildman–Crippen LogP) is 5.71. The topological polar surface area (TPSA) is 15.8 Å². The number of benzene rings is 1. The Kier molecular flexibility index (Phi) is 3.27. The maximum atomic E-state index is 3.63. The lowest BCUT2D eigenvalue weighted by Crippen LogP contribution is -2.11. The van der Waals surface area contributed by atoms with Gasteiger partial charge in [0, 0.05) is 21.5 Å². The van der Waals surface area contributed by atoms with Gasteiger partial charge in [0.1, 0.15) is 0 Å². The molecule has 2 heteroatoms. The first kappa shape index (κ1) is 13.2. The van der Waals surface area contributed by atoms with E-state index in [1.165, 1.54) is 27.4 Å². The number of hydrogen-bond acceptors (Lipinski definition) is 1. The summed E-state index contributed by atoms with van der Waals surface area (Å²) in [5.74, 6) is 0. The number of rotatable bonds is 2. The van der Waals surface area contributed by atoms with Crippen LogP contribution in [-0.2, 0) is 5.41 Å². The fourth-order valence-electron chi connectivity index (χ4n) is 2.32. The summed E-state index contributed by atoms with van der Waals surface area (Å²) in [6.45, 7) is 6.73. The maximum absolute atomic E-state index is 3.63. The lowest BCUT2D eigenvalue weighted by atomic mass is 9.92. The Labute approximate surface area is 124 Å². The summed E-state index contributed by atoms with van der Waals surface area (Å²) in [5.41, 5.74) is 5.17. The second-order valence-corrected chi connectivity index (χ2v) is 7.01. The Morgan fingerprint density at radius 1 is 0.950 bits per heavy atom. The molecule has 0 saturated heterocycles. The number of hydrogen-bond donors (Lipinski definition) is 1. The molecule has 0 saturated carbocycles. The molecule has 20 heavy (non-hydrogen) atoms. The van der Waals surface area contributed by atoms with Gasteiger partial charge in [0.15, 0.2) is 0 Å². The molecule has 1 N–H and O–H groups in total. The van der Waals surface area contributed by atoms with E-state index in [0.29, 0.717) is 0 Å². The molecular formula is C18H19NS. The van der Waals surface area contributed by atoms with Gasteiger partial charge >= 0.3 is 0 Å². The summed E-state index contributed by atoms with van der Waals surface area (Å²) in [5, 5.41) is 2.13. The molecule has 1 nitrogen and oxygen atoms in total. The third-order valence-corrected chi connectivity index (χ3v) is 4.38. The van der Waals surface area contributed by atoms with Crippen molar-refractivity contribution < 1.29 is 0 Å². The molecule has 0 aliphatic carbocycles. The molecule has 0 aliphatic heterocycles. The summed E-state index contributed by atoms with van der Waals surface area (Å²) in [6.07, 6.45) is 0. The molecule has 0 fully saturated rings. The third-order valence-electron chi connectivity index (χ3n) is 3.47. The minimum Gasteiger partial charge on any atom is -0.357 e. The van der Waals surface area contributed by atoms with Crippen LogP contribution in [0.2, 0.25) is 0 Å². The second kappa shape index (κ2) is 4.95. The van der Waals surface area contributed by atoms with Gasteiger partial charge in [0.2, 0.25) is 0 Å². The van der Waals surface area contributed by atoms with E-state index in [4.69, 9.17) is 0 Å². The predicted molar refractivity (Wildman–Crippen MR) is 88.2 cm³/mol. The van der Waals surface area contributed by atoms with Crippen molar-refractivity contribution in [1.29, 1.82) is 0 Å². The van der Waals surface area contributed by atoms with Gasteiger partial charge in [-0.2, -0.15) is 0 Å². The Balaban J connectivity index is 2.20. The number of nitrogens with one attached hydrogen (secondary N) is 1. The molecule has 3 aromatic rings. The van der Waals surface area contributed by atoms with Gasteiger partial charge in [-0.3, -0.25) is 0 Å². The van der Waals surface area contributed by atoms with E-state index in [1.807, 2.05) is 0 Å². The second-order valence-electron chi connectivity index (χ2n) is 6.07. The molecule has 1 aromatic carbocycles. The van der Waals surface area contributed by atoms with Crippen molar-refractivity contribution in [3.8, 4) is 21.7 Å². The molecule has 0 unspecified atom stereocenters. The molecular weight excluding hydrogens is 262 g/mol. The van der Waals surface area contributed by atoms with Crippen LogP contribution in [0.1, 0.15) is 26.5 Å². The van der Waals surface area contributed by atoms with Gasteiger partial charge in [-0.15, -0.1) is 11.3 Å². The number of aromatic amines is 1. The standard InChI is InChI=1S/C18H19NS/c1-18(2,3)16-12-14(15-10-7-11-20-15)17(19-16)13-8-5-4-6-9-13/h4-12,19H,1-3H3. The van der Waals surface area contributed by atoms with Crippen molar-refractivity contribution in [3.63, 3.8) is 0 Å². The summed E-state index contributed by atoms with van der Waals surface area (Å²) < 4.78 is 0. The van der Waals surface area contributed by atoms with E-state index in [9.17, 15) is 0 Å². The first-order valence-electron chi connectivity index (χ1n) is 6.88. The van der Waals surface area contributed by atoms with Crippen LogP contribution in [0.15, 0.2) is 53.9 Å². The van der Waals surface area contributed by atoms with Crippen LogP contribution in [0.25, 0.3) is 21.7 Å². The number of thiophene rings is 1. The number of aromatic nitrogens is 1. The average molecular weight is 281 g/mol. The van der Waals surface area contributed by atoms with Gasteiger partial charge in [0.05, 0.1) is 5.69 Å². The summed E-state index contributed by atoms with van der Waals surface area (Å²) in [4.78, 5) is 4.95. The zero-order valence-electron chi connectivity index (χ0n) is 12.1. The monoisotopic (exact) mass is 281 g/mol. The molecule has 2 aromatic heterocycles. The van der Waals surface area contributed by atoms with E-state index in [1.54, 1.807) is 11.3 Å².